The van der Waals surface area contributed by atoms with Crippen molar-refractivity contribution >= 4 is 17.8 Å². The Bertz CT molecular complexity index is 615. The molecule has 2 rings (SSSR count). The molecule has 1 aromatic carbocycles. The van der Waals surface area contributed by atoms with Gasteiger partial charge < -0.3 is 10.6 Å². The molecule has 0 spiro atoms. The van der Waals surface area contributed by atoms with Gasteiger partial charge >= 0.3 is 6.03 Å². The van der Waals surface area contributed by atoms with Gasteiger partial charge in [0, 0.05) is 39.8 Å². The largest absolute Gasteiger partial charge is 0.351 e. The molecule has 0 saturated carbocycles. The Labute approximate surface area is 153 Å². The minimum Gasteiger partial charge on any atom is -0.351 e. The molecule has 1 saturated heterocycles. The highest BCUT2D eigenvalue weighted by Crippen LogP contribution is 2.06. The molecule has 1 atom stereocenters. The van der Waals surface area contributed by atoms with Crippen molar-refractivity contribution in [1.29, 1.82) is 0 Å². The van der Waals surface area contributed by atoms with Gasteiger partial charge in [0.05, 0.1) is 12.6 Å². The van der Waals surface area contributed by atoms with E-state index in [0.717, 1.165) is 5.56 Å². The third kappa shape index (κ3) is 6.12. The van der Waals surface area contributed by atoms with E-state index in [1.165, 1.54) is 7.05 Å². The minimum atomic E-state index is -0.504. The lowest BCUT2D eigenvalue weighted by Crippen LogP contribution is -2.56. The number of imide groups is 1. The highest BCUT2D eigenvalue weighted by Gasteiger charge is 2.26. The molecule has 4 amide bonds. The summed E-state index contributed by atoms with van der Waals surface area (Å²) in [5.74, 6) is -0.328. The Morgan fingerprint density at radius 1 is 1.08 bits per heavy atom. The molecular weight excluding hydrogens is 334 g/mol. The molecule has 3 N–H and O–H groups in total. The summed E-state index contributed by atoms with van der Waals surface area (Å²) in [5.41, 5.74) is 1.07. The lowest BCUT2D eigenvalue weighted by Gasteiger charge is -2.36. The van der Waals surface area contributed by atoms with Crippen molar-refractivity contribution in [2.24, 2.45) is 0 Å². The van der Waals surface area contributed by atoms with E-state index in [2.05, 4.69) is 20.9 Å². The van der Waals surface area contributed by atoms with Crippen molar-refractivity contribution in [3.63, 3.8) is 0 Å². The summed E-state index contributed by atoms with van der Waals surface area (Å²) in [7, 11) is 1.47. The van der Waals surface area contributed by atoms with E-state index in [9.17, 15) is 14.4 Å². The number of nitrogens with zero attached hydrogens (tertiary/aromatic N) is 2. The van der Waals surface area contributed by atoms with Crippen molar-refractivity contribution in [3.05, 3.63) is 35.9 Å². The number of amides is 4. The maximum absolute atomic E-state index is 12.1. The van der Waals surface area contributed by atoms with Crippen LogP contribution in [0.1, 0.15) is 12.5 Å². The molecule has 1 aromatic rings. The van der Waals surface area contributed by atoms with Crippen LogP contribution in [0.25, 0.3) is 0 Å². The van der Waals surface area contributed by atoms with E-state index in [-0.39, 0.29) is 17.9 Å². The topological polar surface area (TPSA) is 93.8 Å². The van der Waals surface area contributed by atoms with Crippen LogP contribution in [0, 0.1) is 0 Å². The fourth-order valence-electron chi connectivity index (χ4n) is 2.81. The second-order valence-corrected chi connectivity index (χ2v) is 6.32. The number of hydrogen-bond donors (Lipinski definition) is 3. The van der Waals surface area contributed by atoms with E-state index in [1.54, 1.807) is 6.92 Å². The van der Waals surface area contributed by atoms with E-state index >= 15 is 0 Å². The number of carbonyl (C=O) groups excluding carboxylic acids is 3. The van der Waals surface area contributed by atoms with Gasteiger partial charge in [0.15, 0.2) is 0 Å². The molecule has 0 aliphatic carbocycles. The number of nitrogens with one attached hydrogen (secondary N) is 3. The third-order valence-corrected chi connectivity index (χ3v) is 4.50. The third-order valence-electron chi connectivity index (χ3n) is 4.50. The van der Waals surface area contributed by atoms with E-state index in [0.29, 0.717) is 39.3 Å². The maximum Gasteiger partial charge on any atom is 0.321 e. The quantitative estimate of drug-likeness (QED) is 0.651. The van der Waals surface area contributed by atoms with Gasteiger partial charge in [-0.2, -0.15) is 0 Å². The number of carbonyl (C=O) groups is 3. The molecule has 1 aliphatic heterocycles. The smallest absolute Gasteiger partial charge is 0.321 e. The summed E-state index contributed by atoms with van der Waals surface area (Å²) in [6.45, 7) is 5.41. The Balaban J connectivity index is 1.69. The van der Waals surface area contributed by atoms with Crippen LogP contribution in [0.5, 0.6) is 0 Å². The lowest BCUT2D eigenvalue weighted by molar-refractivity contribution is -0.127. The fraction of sp³-hybridized carbons (Fsp3) is 0.500. The average Bonchev–Trinajstić information content (AvgIpc) is 2.67. The number of rotatable bonds is 6. The van der Waals surface area contributed by atoms with Crippen LogP contribution in [0.4, 0.5) is 4.79 Å². The van der Waals surface area contributed by atoms with E-state index < -0.39 is 6.03 Å². The molecule has 1 unspecified atom stereocenters. The molecule has 142 valence electrons. The van der Waals surface area contributed by atoms with Crippen LogP contribution in [-0.4, -0.2) is 73.5 Å². The van der Waals surface area contributed by atoms with Gasteiger partial charge in [0.25, 0.3) is 0 Å². The summed E-state index contributed by atoms with van der Waals surface area (Å²) in [5, 5.41) is 7.58. The number of urea groups is 1. The predicted molar refractivity (Wildman–Crippen MR) is 98.4 cm³/mol. The highest BCUT2D eigenvalue weighted by atomic mass is 16.2. The zero-order chi connectivity index (χ0) is 18.9. The van der Waals surface area contributed by atoms with Gasteiger partial charge in [-0.25, -0.2) is 4.79 Å². The monoisotopic (exact) mass is 361 g/mol. The normalized spacial score (nSPS) is 16.5. The van der Waals surface area contributed by atoms with Gasteiger partial charge in [-0.3, -0.25) is 24.7 Å². The first-order valence-electron chi connectivity index (χ1n) is 8.79. The molecule has 0 bridgehead atoms. The zero-order valence-corrected chi connectivity index (χ0v) is 15.3. The molecule has 8 heteroatoms. The van der Waals surface area contributed by atoms with Crippen molar-refractivity contribution in [3.8, 4) is 0 Å². The number of hydrogen-bond acceptors (Lipinski definition) is 5. The Hall–Kier alpha value is -2.45. The van der Waals surface area contributed by atoms with Gasteiger partial charge in [-0.05, 0) is 12.5 Å². The highest BCUT2D eigenvalue weighted by molar-refractivity contribution is 5.96. The second kappa shape index (κ2) is 9.88. The van der Waals surface area contributed by atoms with Gasteiger partial charge in [-0.1, -0.05) is 30.3 Å². The fourth-order valence-corrected chi connectivity index (χ4v) is 2.81. The van der Waals surface area contributed by atoms with Crippen LogP contribution in [-0.2, 0) is 16.1 Å². The predicted octanol–water partition coefficient (Wildman–Crippen LogP) is -0.235. The van der Waals surface area contributed by atoms with Crippen LogP contribution in [0.2, 0.25) is 0 Å². The standard InChI is InChI=1S/C18H27N5O3/c1-14(17(25)21-18(26)19-2)23-10-8-22(9-11-23)13-16(24)20-12-15-6-4-3-5-7-15/h3-7,14H,8-13H2,1-2H3,(H,20,24)(H2,19,21,25,26). The van der Waals surface area contributed by atoms with Crippen molar-refractivity contribution in [2.75, 3.05) is 39.8 Å². The summed E-state index contributed by atoms with van der Waals surface area (Å²) < 4.78 is 0. The van der Waals surface area contributed by atoms with Gasteiger partial charge in [-0.15, -0.1) is 0 Å². The Morgan fingerprint density at radius 3 is 2.35 bits per heavy atom. The molecule has 1 fully saturated rings. The number of benzene rings is 1. The molecular formula is C18H27N5O3. The second-order valence-electron chi connectivity index (χ2n) is 6.32. The summed E-state index contributed by atoms with van der Waals surface area (Å²) in [4.78, 5) is 39.4. The molecule has 1 aliphatic rings. The van der Waals surface area contributed by atoms with E-state index in [4.69, 9.17) is 0 Å². The summed E-state index contributed by atoms with van der Waals surface area (Å²) in [6.07, 6.45) is 0. The summed E-state index contributed by atoms with van der Waals surface area (Å²) in [6, 6.07) is 8.90. The molecule has 1 heterocycles. The first-order chi connectivity index (χ1) is 12.5. The first-order valence-corrected chi connectivity index (χ1v) is 8.79. The van der Waals surface area contributed by atoms with Crippen LogP contribution < -0.4 is 16.0 Å². The van der Waals surface area contributed by atoms with Gasteiger partial charge in [0.2, 0.25) is 11.8 Å². The van der Waals surface area contributed by atoms with Crippen molar-refractivity contribution in [2.45, 2.75) is 19.5 Å². The SMILES string of the molecule is CNC(=O)NC(=O)C(C)N1CCN(CC(=O)NCc2ccccc2)CC1. The Kier molecular flexibility index (Phi) is 7.55. The zero-order valence-electron chi connectivity index (χ0n) is 15.3. The number of piperazine rings is 1. The van der Waals surface area contributed by atoms with Crippen molar-refractivity contribution in [1.82, 2.24) is 25.8 Å². The van der Waals surface area contributed by atoms with Gasteiger partial charge in [0.1, 0.15) is 0 Å². The minimum absolute atomic E-state index is 0.00675. The Morgan fingerprint density at radius 2 is 1.73 bits per heavy atom. The molecule has 8 nitrogen and oxygen atoms in total. The van der Waals surface area contributed by atoms with Crippen molar-refractivity contribution < 1.29 is 14.4 Å². The summed E-state index contributed by atoms with van der Waals surface area (Å²) >= 11 is 0. The first kappa shape index (κ1) is 19.9. The molecule has 0 aromatic heterocycles. The average molecular weight is 361 g/mol. The van der Waals surface area contributed by atoms with E-state index in [1.807, 2.05) is 35.2 Å². The van der Waals surface area contributed by atoms with Crippen LogP contribution in [0.15, 0.2) is 30.3 Å². The lowest BCUT2D eigenvalue weighted by atomic mass is 10.2. The van der Waals surface area contributed by atoms with Crippen LogP contribution >= 0.6 is 0 Å². The maximum atomic E-state index is 12.1. The van der Waals surface area contributed by atoms with Crippen LogP contribution in [0.3, 0.4) is 0 Å². The molecule has 0 radical (unpaired) electrons. The molecule has 26 heavy (non-hydrogen) atoms.